The molecular weight excluding hydrogens is 362 g/mol. The molecule has 1 aliphatic rings. The summed E-state index contributed by atoms with van der Waals surface area (Å²) in [6.45, 7) is 2.83. The molecule has 0 atom stereocenters. The Labute approximate surface area is 151 Å². The summed E-state index contributed by atoms with van der Waals surface area (Å²) in [6, 6.07) is 10.1. The molecule has 2 aromatic rings. The van der Waals surface area contributed by atoms with Gasteiger partial charge >= 0.3 is 0 Å². The first kappa shape index (κ1) is 18.8. The maximum Gasteiger partial charge on any atom is 0.243 e. The highest BCUT2D eigenvalue weighted by molar-refractivity contribution is 7.89. The van der Waals surface area contributed by atoms with Gasteiger partial charge in [0, 0.05) is 32.4 Å². The summed E-state index contributed by atoms with van der Waals surface area (Å²) in [5.41, 5.74) is 1.78. The predicted molar refractivity (Wildman–Crippen MR) is 94.5 cm³/mol. The molecular formula is C18H20F2N2O3S. The second-order valence-corrected chi connectivity index (χ2v) is 8.11. The second kappa shape index (κ2) is 7.69. The van der Waals surface area contributed by atoms with E-state index in [0.717, 1.165) is 40.8 Å². The molecule has 0 spiro atoms. The van der Waals surface area contributed by atoms with Gasteiger partial charge in [-0.1, -0.05) is 18.2 Å². The van der Waals surface area contributed by atoms with Crippen LogP contribution in [0, 0.1) is 11.6 Å². The Morgan fingerprint density at radius 1 is 1.08 bits per heavy atom. The van der Waals surface area contributed by atoms with Crippen molar-refractivity contribution in [2.75, 3.05) is 38.3 Å². The van der Waals surface area contributed by atoms with Gasteiger partial charge in [-0.15, -0.1) is 0 Å². The van der Waals surface area contributed by atoms with Gasteiger partial charge in [0.15, 0.2) is 11.6 Å². The number of rotatable bonds is 5. The number of morpholine rings is 1. The van der Waals surface area contributed by atoms with Gasteiger partial charge in [0.05, 0.1) is 18.1 Å². The van der Waals surface area contributed by atoms with E-state index in [0.29, 0.717) is 19.3 Å². The van der Waals surface area contributed by atoms with Gasteiger partial charge in [0.2, 0.25) is 10.0 Å². The Morgan fingerprint density at radius 3 is 2.46 bits per heavy atom. The Bertz CT molecular complexity index is 884. The fourth-order valence-corrected chi connectivity index (χ4v) is 4.06. The molecule has 0 amide bonds. The van der Waals surface area contributed by atoms with E-state index in [4.69, 9.17) is 4.74 Å². The molecule has 8 heteroatoms. The number of ether oxygens (including phenoxy) is 1. The minimum atomic E-state index is -3.94. The Balaban J connectivity index is 1.85. The standard InChI is InChI=1S/C18H20F2N2O3S/c1-21(26(23,24)15-6-7-16(19)17(20)12-15)13-14-4-2-3-5-18(14)22-8-10-25-11-9-22/h2-7,12H,8-11,13H2,1H3. The smallest absolute Gasteiger partial charge is 0.243 e. The fraction of sp³-hybridized carbons (Fsp3) is 0.333. The number of anilines is 1. The number of nitrogens with zero attached hydrogens (tertiary/aromatic N) is 2. The van der Waals surface area contributed by atoms with Gasteiger partial charge in [-0.05, 0) is 29.8 Å². The maximum absolute atomic E-state index is 13.4. The lowest BCUT2D eigenvalue weighted by Gasteiger charge is -2.31. The Kier molecular flexibility index (Phi) is 5.55. The summed E-state index contributed by atoms with van der Waals surface area (Å²) in [5.74, 6) is -2.27. The van der Waals surface area contributed by atoms with Crippen LogP contribution in [-0.4, -0.2) is 46.1 Å². The summed E-state index contributed by atoms with van der Waals surface area (Å²) in [4.78, 5) is 1.87. The summed E-state index contributed by atoms with van der Waals surface area (Å²) in [6.07, 6.45) is 0. The van der Waals surface area contributed by atoms with Crippen molar-refractivity contribution in [2.45, 2.75) is 11.4 Å². The monoisotopic (exact) mass is 382 g/mol. The van der Waals surface area contributed by atoms with Gasteiger partial charge in [0.1, 0.15) is 0 Å². The molecule has 1 saturated heterocycles. The highest BCUT2D eigenvalue weighted by atomic mass is 32.2. The molecule has 0 aromatic heterocycles. The van der Waals surface area contributed by atoms with Crippen LogP contribution in [0.15, 0.2) is 47.4 Å². The minimum absolute atomic E-state index is 0.120. The number of hydrogen-bond donors (Lipinski definition) is 0. The number of sulfonamides is 1. The van der Waals surface area contributed by atoms with Crippen LogP contribution in [0.3, 0.4) is 0 Å². The molecule has 0 N–H and O–H groups in total. The molecule has 1 aliphatic heterocycles. The molecule has 26 heavy (non-hydrogen) atoms. The Morgan fingerprint density at radius 2 is 1.77 bits per heavy atom. The average Bonchev–Trinajstić information content (AvgIpc) is 2.65. The van der Waals surface area contributed by atoms with E-state index in [1.54, 1.807) is 0 Å². The maximum atomic E-state index is 13.4. The Hall–Kier alpha value is -2.03. The zero-order valence-corrected chi connectivity index (χ0v) is 15.2. The van der Waals surface area contributed by atoms with E-state index >= 15 is 0 Å². The highest BCUT2D eigenvalue weighted by Gasteiger charge is 2.24. The quantitative estimate of drug-likeness (QED) is 0.798. The summed E-state index contributed by atoms with van der Waals surface area (Å²) in [7, 11) is -2.52. The normalized spacial score (nSPS) is 15.5. The molecule has 140 valence electrons. The summed E-state index contributed by atoms with van der Waals surface area (Å²) < 4.78 is 58.4. The van der Waals surface area contributed by atoms with E-state index in [1.807, 2.05) is 24.3 Å². The van der Waals surface area contributed by atoms with Crippen molar-refractivity contribution in [3.63, 3.8) is 0 Å². The molecule has 1 heterocycles. The number of halogens is 2. The molecule has 0 saturated carbocycles. The van der Waals surface area contributed by atoms with E-state index in [9.17, 15) is 17.2 Å². The van der Waals surface area contributed by atoms with Gasteiger partial charge in [0.25, 0.3) is 0 Å². The molecule has 1 fully saturated rings. The second-order valence-electron chi connectivity index (χ2n) is 6.07. The third-order valence-electron chi connectivity index (χ3n) is 4.34. The zero-order valence-electron chi connectivity index (χ0n) is 14.4. The zero-order chi connectivity index (χ0) is 18.7. The van der Waals surface area contributed by atoms with Crippen molar-refractivity contribution >= 4 is 15.7 Å². The molecule has 0 aliphatic carbocycles. The highest BCUT2D eigenvalue weighted by Crippen LogP contribution is 2.25. The van der Waals surface area contributed by atoms with Crippen LogP contribution < -0.4 is 4.90 Å². The van der Waals surface area contributed by atoms with Crippen molar-refractivity contribution in [2.24, 2.45) is 0 Å². The van der Waals surface area contributed by atoms with E-state index in [1.165, 1.54) is 7.05 Å². The van der Waals surface area contributed by atoms with Gasteiger partial charge in [-0.3, -0.25) is 0 Å². The average molecular weight is 382 g/mol. The van der Waals surface area contributed by atoms with Crippen LogP contribution in [-0.2, 0) is 21.3 Å². The SMILES string of the molecule is CN(Cc1ccccc1N1CCOCC1)S(=O)(=O)c1ccc(F)c(F)c1. The van der Waals surface area contributed by atoms with Crippen LogP contribution in [0.4, 0.5) is 14.5 Å². The van der Waals surface area contributed by atoms with Crippen LogP contribution in [0.1, 0.15) is 5.56 Å². The van der Waals surface area contributed by atoms with E-state index in [2.05, 4.69) is 4.90 Å². The molecule has 0 bridgehead atoms. The number of benzene rings is 2. The molecule has 5 nitrogen and oxygen atoms in total. The first-order valence-corrected chi connectivity index (χ1v) is 9.65. The van der Waals surface area contributed by atoms with Crippen molar-refractivity contribution in [3.8, 4) is 0 Å². The third-order valence-corrected chi connectivity index (χ3v) is 6.14. The number of para-hydroxylation sites is 1. The molecule has 2 aromatic carbocycles. The van der Waals surface area contributed by atoms with E-state index in [-0.39, 0.29) is 11.4 Å². The summed E-state index contributed by atoms with van der Waals surface area (Å²) >= 11 is 0. The van der Waals surface area contributed by atoms with Crippen LogP contribution in [0.2, 0.25) is 0 Å². The van der Waals surface area contributed by atoms with Crippen molar-refractivity contribution in [1.29, 1.82) is 0 Å². The summed E-state index contributed by atoms with van der Waals surface area (Å²) in [5, 5.41) is 0. The molecule has 0 unspecified atom stereocenters. The van der Waals surface area contributed by atoms with Gasteiger partial charge in [-0.2, -0.15) is 4.31 Å². The van der Waals surface area contributed by atoms with Crippen molar-refractivity contribution in [1.82, 2.24) is 4.31 Å². The third kappa shape index (κ3) is 3.87. The molecule has 0 radical (unpaired) electrons. The topological polar surface area (TPSA) is 49.9 Å². The number of hydrogen-bond acceptors (Lipinski definition) is 4. The van der Waals surface area contributed by atoms with Crippen LogP contribution >= 0.6 is 0 Å². The van der Waals surface area contributed by atoms with E-state index < -0.39 is 21.7 Å². The van der Waals surface area contributed by atoms with Crippen molar-refractivity contribution in [3.05, 3.63) is 59.7 Å². The predicted octanol–water partition coefficient (Wildman–Crippen LogP) is 2.62. The largest absolute Gasteiger partial charge is 0.378 e. The van der Waals surface area contributed by atoms with Crippen LogP contribution in [0.25, 0.3) is 0 Å². The lowest BCUT2D eigenvalue weighted by molar-refractivity contribution is 0.122. The lowest BCUT2D eigenvalue weighted by atomic mass is 10.1. The minimum Gasteiger partial charge on any atom is -0.378 e. The van der Waals surface area contributed by atoms with Gasteiger partial charge in [-0.25, -0.2) is 17.2 Å². The first-order chi connectivity index (χ1) is 12.4. The molecule has 3 rings (SSSR count). The van der Waals surface area contributed by atoms with Crippen LogP contribution in [0.5, 0.6) is 0 Å². The van der Waals surface area contributed by atoms with Gasteiger partial charge < -0.3 is 9.64 Å². The first-order valence-electron chi connectivity index (χ1n) is 8.21. The fourth-order valence-electron chi connectivity index (χ4n) is 2.90. The van der Waals surface area contributed by atoms with Crippen molar-refractivity contribution < 1.29 is 21.9 Å². The lowest BCUT2D eigenvalue weighted by Crippen LogP contribution is -2.37.